The number of aryl methyl sites for hydroxylation is 1. The van der Waals surface area contributed by atoms with Crippen molar-refractivity contribution in [2.75, 3.05) is 20.6 Å². The van der Waals surface area contributed by atoms with Crippen LogP contribution in [0.3, 0.4) is 0 Å². The molecule has 0 aromatic heterocycles. The van der Waals surface area contributed by atoms with Gasteiger partial charge in [-0.3, -0.25) is 4.79 Å². The first kappa shape index (κ1) is 17.2. The first-order chi connectivity index (χ1) is 11.0. The van der Waals surface area contributed by atoms with Gasteiger partial charge in [-0.25, -0.2) is 0 Å². The van der Waals surface area contributed by atoms with Gasteiger partial charge in [-0.2, -0.15) is 0 Å². The molecule has 0 radical (unpaired) electrons. The summed E-state index contributed by atoms with van der Waals surface area (Å²) in [6, 6.07) is 16.6. The Hall–Kier alpha value is -2.13. The lowest BCUT2D eigenvalue weighted by Gasteiger charge is -2.21. The lowest BCUT2D eigenvalue weighted by molar-refractivity contribution is -0.131. The molecule has 122 valence electrons. The minimum atomic E-state index is -0.291. The van der Waals surface area contributed by atoms with Crippen molar-refractivity contribution in [2.24, 2.45) is 0 Å². The minimum Gasteiger partial charge on any atom is -0.427 e. The van der Waals surface area contributed by atoms with Crippen LogP contribution in [0.4, 0.5) is 0 Å². The SMILES string of the molecule is CC(=O)Oc1ccc(C(CCN(C)C)c2ccc(C)cc2)cc1. The predicted molar refractivity (Wildman–Crippen MR) is 93.9 cm³/mol. The summed E-state index contributed by atoms with van der Waals surface area (Å²) in [6.45, 7) is 4.54. The van der Waals surface area contributed by atoms with Crippen LogP contribution >= 0.6 is 0 Å². The van der Waals surface area contributed by atoms with Gasteiger partial charge in [-0.1, -0.05) is 42.0 Å². The number of carbonyl (C=O) groups excluding carboxylic acids is 1. The van der Waals surface area contributed by atoms with Crippen molar-refractivity contribution in [1.82, 2.24) is 4.90 Å². The third-order valence-electron chi connectivity index (χ3n) is 3.89. The average molecular weight is 311 g/mol. The molecule has 2 aromatic carbocycles. The predicted octanol–water partition coefficient (Wildman–Crippen LogP) is 4.00. The van der Waals surface area contributed by atoms with Crippen molar-refractivity contribution in [3.63, 3.8) is 0 Å². The van der Waals surface area contributed by atoms with E-state index in [9.17, 15) is 4.79 Å². The third kappa shape index (κ3) is 5.22. The Bertz CT molecular complexity index is 630. The number of rotatable bonds is 6. The van der Waals surface area contributed by atoms with Crippen LogP contribution in [0.5, 0.6) is 5.75 Å². The molecular formula is C20H25NO2. The van der Waals surface area contributed by atoms with Crippen molar-refractivity contribution < 1.29 is 9.53 Å². The quantitative estimate of drug-likeness (QED) is 0.596. The number of ether oxygens (including phenoxy) is 1. The number of benzene rings is 2. The van der Waals surface area contributed by atoms with Crippen LogP contribution in [0.2, 0.25) is 0 Å². The Morgan fingerprint density at radius 3 is 2.00 bits per heavy atom. The topological polar surface area (TPSA) is 29.5 Å². The molecule has 0 heterocycles. The van der Waals surface area contributed by atoms with Gasteiger partial charge in [0, 0.05) is 12.8 Å². The lowest BCUT2D eigenvalue weighted by Crippen LogP contribution is -2.16. The molecule has 2 rings (SSSR count). The molecule has 3 nitrogen and oxygen atoms in total. The van der Waals surface area contributed by atoms with Gasteiger partial charge in [0.25, 0.3) is 0 Å². The van der Waals surface area contributed by atoms with Gasteiger partial charge >= 0.3 is 5.97 Å². The Kier molecular flexibility index (Phi) is 5.94. The maximum atomic E-state index is 11.0. The molecule has 2 aromatic rings. The van der Waals surface area contributed by atoms with Crippen LogP contribution in [0.25, 0.3) is 0 Å². The van der Waals surface area contributed by atoms with E-state index in [0.717, 1.165) is 13.0 Å². The van der Waals surface area contributed by atoms with Crippen LogP contribution in [0, 0.1) is 6.92 Å². The Morgan fingerprint density at radius 1 is 1.00 bits per heavy atom. The van der Waals surface area contributed by atoms with E-state index in [1.165, 1.54) is 23.6 Å². The van der Waals surface area contributed by atoms with E-state index in [1.807, 2.05) is 12.1 Å². The smallest absolute Gasteiger partial charge is 0.308 e. The summed E-state index contributed by atoms with van der Waals surface area (Å²) in [6.07, 6.45) is 1.04. The van der Waals surface area contributed by atoms with Gasteiger partial charge in [0.15, 0.2) is 0 Å². The first-order valence-corrected chi connectivity index (χ1v) is 7.95. The summed E-state index contributed by atoms with van der Waals surface area (Å²) in [5, 5.41) is 0. The molecular weight excluding hydrogens is 286 g/mol. The third-order valence-corrected chi connectivity index (χ3v) is 3.89. The maximum absolute atomic E-state index is 11.0. The van der Waals surface area contributed by atoms with E-state index < -0.39 is 0 Å². The van der Waals surface area contributed by atoms with Gasteiger partial charge in [0.1, 0.15) is 5.75 Å². The molecule has 1 atom stereocenters. The highest BCUT2D eigenvalue weighted by atomic mass is 16.5. The molecule has 0 saturated carbocycles. The Labute approximate surface area is 138 Å². The fourth-order valence-electron chi connectivity index (χ4n) is 2.65. The molecule has 0 aliphatic rings. The zero-order chi connectivity index (χ0) is 16.8. The van der Waals surface area contributed by atoms with Crippen LogP contribution in [0.15, 0.2) is 48.5 Å². The van der Waals surface area contributed by atoms with E-state index in [4.69, 9.17) is 4.74 Å². The summed E-state index contributed by atoms with van der Waals surface area (Å²) >= 11 is 0. The second kappa shape index (κ2) is 7.93. The largest absolute Gasteiger partial charge is 0.427 e. The van der Waals surface area contributed by atoms with Crippen LogP contribution in [-0.2, 0) is 4.79 Å². The monoisotopic (exact) mass is 311 g/mol. The molecule has 3 heteroatoms. The number of hydrogen-bond acceptors (Lipinski definition) is 3. The summed E-state index contributed by atoms with van der Waals surface area (Å²) < 4.78 is 5.12. The van der Waals surface area contributed by atoms with Gasteiger partial charge in [0.05, 0.1) is 0 Å². The van der Waals surface area contributed by atoms with Crippen molar-refractivity contribution in [1.29, 1.82) is 0 Å². The molecule has 0 aliphatic carbocycles. The Morgan fingerprint density at radius 2 is 1.52 bits per heavy atom. The van der Waals surface area contributed by atoms with E-state index in [0.29, 0.717) is 11.7 Å². The summed E-state index contributed by atoms with van der Waals surface area (Å²) in [5.74, 6) is 0.640. The molecule has 0 N–H and O–H groups in total. The Balaban J connectivity index is 2.25. The van der Waals surface area contributed by atoms with Crippen molar-refractivity contribution in [3.05, 3.63) is 65.2 Å². The standard InChI is InChI=1S/C20H25NO2/c1-15-5-7-17(8-6-15)20(13-14-21(3)4)18-9-11-19(12-10-18)23-16(2)22/h5-12,20H,13-14H2,1-4H3. The molecule has 0 amide bonds. The number of carbonyl (C=O) groups is 1. The van der Waals surface area contributed by atoms with Gasteiger partial charge in [-0.05, 0) is 57.2 Å². The highest BCUT2D eigenvalue weighted by molar-refractivity contribution is 5.69. The zero-order valence-electron chi connectivity index (χ0n) is 14.4. The fraction of sp³-hybridized carbons (Fsp3) is 0.350. The highest BCUT2D eigenvalue weighted by Crippen LogP contribution is 2.29. The molecule has 0 saturated heterocycles. The van der Waals surface area contributed by atoms with E-state index in [-0.39, 0.29) is 5.97 Å². The molecule has 0 bridgehead atoms. The average Bonchev–Trinajstić information content (AvgIpc) is 2.50. The second-order valence-corrected chi connectivity index (χ2v) is 6.22. The molecule has 0 spiro atoms. The fourth-order valence-corrected chi connectivity index (χ4v) is 2.65. The minimum absolute atomic E-state index is 0.291. The van der Waals surface area contributed by atoms with Crippen LogP contribution in [0.1, 0.15) is 36.0 Å². The van der Waals surface area contributed by atoms with E-state index in [1.54, 1.807) is 0 Å². The van der Waals surface area contributed by atoms with Crippen LogP contribution in [-0.4, -0.2) is 31.5 Å². The van der Waals surface area contributed by atoms with Crippen molar-refractivity contribution >= 4 is 5.97 Å². The summed E-state index contributed by atoms with van der Waals surface area (Å²) in [7, 11) is 4.19. The highest BCUT2D eigenvalue weighted by Gasteiger charge is 2.15. The molecule has 23 heavy (non-hydrogen) atoms. The number of esters is 1. The van der Waals surface area contributed by atoms with Gasteiger partial charge in [-0.15, -0.1) is 0 Å². The maximum Gasteiger partial charge on any atom is 0.308 e. The number of hydrogen-bond donors (Lipinski definition) is 0. The first-order valence-electron chi connectivity index (χ1n) is 7.95. The van der Waals surface area contributed by atoms with Gasteiger partial charge < -0.3 is 9.64 Å². The summed E-state index contributed by atoms with van der Waals surface area (Å²) in [4.78, 5) is 13.2. The molecule has 0 aliphatic heterocycles. The van der Waals surface area contributed by atoms with E-state index in [2.05, 4.69) is 62.3 Å². The molecule has 1 unspecified atom stereocenters. The lowest BCUT2D eigenvalue weighted by atomic mass is 9.88. The van der Waals surface area contributed by atoms with E-state index >= 15 is 0 Å². The van der Waals surface area contributed by atoms with Crippen molar-refractivity contribution in [3.8, 4) is 5.75 Å². The zero-order valence-corrected chi connectivity index (χ0v) is 14.4. The second-order valence-electron chi connectivity index (χ2n) is 6.22. The molecule has 0 fully saturated rings. The van der Waals surface area contributed by atoms with Gasteiger partial charge in [0.2, 0.25) is 0 Å². The normalized spacial score (nSPS) is 12.2. The number of nitrogens with zero attached hydrogens (tertiary/aromatic N) is 1. The van der Waals surface area contributed by atoms with Crippen LogP contribution < -0.4 is 4.74 Å². The van der Waals surface area contributed by atoms with Crippen molar-refractivity contribution in [2.45, 2.75) is 26.2 Å². The summed E-state index contributed by atoms with van der Waals surface area (Å²) in [5.41, 5.74) is 3.83.